The third-order valence-corrected chi connectivity index (χ3v) is 1.97. The molecule has 0 amide bonds. The molecule has 0 bridgehead atoms. The van der Waals surface area contributed by atoms with Crippen molar-refractivity contribution in [3.05, 3.63) is 53.9 Å². The van der Waals surface area contributed by atoms with Crippen LogP contribution in [0, 0.1) is 6.92 Å². The Hall–Kier alpha value is -1.37. The van der Waals surface area contributed by atoms with Crippen molar-refractivity contribution in [3.8, 4) is 0 Å². The lowest BCUT2D eigenvalue weighted by Gasteiger charge is -2.03. The Kier molecular flexibility index (Phi) is 3.44. The molecular formula is C12H15N. The first kappa shape index (κ1) is 9.72. The maximum Gasteiger partial charge on any atom is 0.0473 e. The predicted molar refractivity (Wildman–Crippen MR) is 56.6 cm³/mol. The van der Waals surface area contributed by atoms with Crippen molar-refractivity contribution in [2.24, 2.45) is 0 Å². The van der Waals surface area contributed by atoms with E-state index >= 15 is 0 Å². The van der Waals surface area contributed by atoms with E-state index in [1.54, 1.807) is 0 Å². The van der Waals surface area contributed by atoms with Crippen molar-refractivity contribution >= 4 is 0 Å². The van der Waals surface area contributed by atoms with Crippen molar-refractivity contribution in [3.63, 3.8) is 0 Å². The highest BCUT2D eigenvalue weighted by Gasteiger charge is 1.98. The van der Waals surface area contributed by atoms with Crippen LogP contribution in [0.1, 0.15) is 18.2 Å². The summed E-state index contributed by atoms with van der Waals surface area (Å²) < 4.78 is 0. The monoisotopic (exact) mass is 173 g/mol. The molecule has 1 nitrogen and oxygen atoms in total. The third kappa shape index (κ3) is 2.86. The topological polar surface area (TPSA) is 12.9 Å². The van der Waals surface area contributed by atoms with Crippen LogP contribution in [0.4, 0.5) is 0 Å². The van der Waals surface area contributed by atoms with Crippen molar-refractivity contribution in [2.45, 2.75) is 20.3 Å². The molecule has 0 N–H and O–H groups in total. The zero-order valence-corrected chi connectivity index (χ0v) is 8.25. The average Bonchev–Trinajstić information content (AvgIpc) is 2.09. The number of nitrogens with zero attached hydrogens (tertiary/aromatic N) is 1. The quantitative estimate of drug-likeness (QED) is 0.640. The van der Waals surface area contributed by atoms with Gasteiger partial charge in [0.2, 0.25) is 0 Å². The SMILES string of the molecule is C=C/C=C(/C)Cc1ncccc1C. The highest BCUT2D eigenvalue weighted by molar-refractivity contribution is 5.23. The van der Waals surface area contributed by atoms with E-state index in [-0.39, 0.29) is 0 Å². The van der Waals surface area contributed by atoms with Gasteiger partial charge in [0.25, 0.3) is 0 Å². The fourth-order valence-electron chi connectivity index (χ4n) is 1.23. The lowest BCUT2D eigenvalue weighted by atomic mass is 10.1. The summed E-state index contributed by atoms with van der Waals surface area (Å²) in [6, 6.07) is 4.05. The van der Waals surface area contributed by atoms with E-state index in [9.17, 15) is 0 Å². The lowest BCUT2D eigenvalue weighted by Crippen LogP contribution is -1.94. The summed E-state index contributed by atoms with van der Waals surface area (Å²) in [6.07, 6.45) is 6.59. The van der Waals surface area contributed by atoms with Crippen molar-refractivity contribution < 1.29 is 0 Å². The van der Waals surface area contributed by atoms with Crippen LogP contribution in [0.2, 0.25) is 0 Å². The molecule has 0 unspecified atom stereocenters. The van der Waals surface area contributed by atoms with Gasteiger partial charge in [-0.15, -0.1) is 0 Å². The van der Waals surface area contributed by atoms with Gasteiger partial charge in [-0.1, -0.05) is 30.4 Å². The van der Waals surface area contributed by atoms with Crippen LogP contribution < -0.4 is 0 Å². The fraction of sp³-hybridized carbons (Fsp3) is 0.250. The van der Waals surface area contributed by atoms with Gasteiger partial charge in [0.15, 0.2) is 0 Å². The van der Waals surface area contributed by atoms with Crippen LogP contribution in [-0.2, 0) is 6.42 Å². The van der Waals surface area contributed by atoms with Gasteiger partial charge in [0, 0.05) is 18.3 Å². The minimum absolute atomic E-state index is 0.915. The molecule has 0 radical (unpaired) electrons. The second-order valence-corrected chi connectivity index (χ2v) is 3.19. The van der Waals surface area contributed by atoms with Gasteiger partial charge in [-0.05, 0) is 25.5 Å². The van der Waals surface area contributed by atoms with Gasteiger partial charge in [-0.3, -0.25) is 4.98 Å². The lowest BCUT2D eigenvalue weighted by molar-refractivity contribution is 1.02. The standard InChI is InChI=1S/C12H15N/c1-4-6-10(2)9-12-11(3)7-5-8-13-12/h4-8H,1,9H2,2-3H3/b10-6-. The summed E-state index contributed by atoms with van der Waals surface area (Å²) in [4.78, 5) is 4.33. The number of rotatable bonds is 3. The van der Waals surface area contributed by atoms with Crippen LogP contribution >= 0.6 is 0 Å². The predicted octanol–water partition coefficient (Wildman–Crippen LogP) is 3.06. The second-order valence-electron chi connectivity index (χ2n) is 3.19. The molecule has 1 heterocycles. The minimum atomic E-state index is 0.915. The fourth-order valence-corrected chi connectivity index (χ4v) is 1.23. The zero-order valence-electron chi connectivity index (χ0n) is 8.25. The molecule has 0 saturated carbocycles. The number of hydrogen-bond donors (Lipinski definition) is 0. The Morgan fingerprint density at radius 2 is 2.38 bits per heavy atom. The van der Waals surface area contributed by atoms with Crippen molar-refractivity contribution in [1.82, 2.24) is 4.98 Å². The summed E-state index contributed by atoms with van der Waals surface area (Å²) in [7, 11) is 0. The Morgan fingerprint density at radius 3 is 3.00 bits per heavy atom. The number of pyridine rings is 1. The zero-order chi connectivity index (χ0) is 9.68. The molecule has 0 aliphatic heterocycles. The average molecular weight is 173 g/mol. The van der Waals surface area contributed by atoms with Gasteiger partial charge in [-0.2, -0.15) is 0 Å². The van der Waals surface area contributed by atoms with Crippen molar-refractivity contribution in [2.75, 3.05) is 0 Å². The number of hydrogen-bond acceptors (Lipinski definition) is 1. The molecule has 1 heteroatoms. The molecule has 13 heavy (non-hydrogen) atoms. The van der Waals surface area contributed by atoms with Crippen LogP contribution in [-0.4, -0.2) is 4.98 Å². The Bertz CT molecular complexity index is 324. The molecule has 0 aromatic carbocycles. The summed E-state index contributed by atoms with van der Waals surface area (Å²) >= 11 is 0. The van der Waals surface area contributed by atoms with Gasteiger partial charge in [0.1, 0.15) is 0 Å². The van der Waals surface area contributed by atoms with Gasteiger partial charge < -0.3 is 0 Å². The normalized spacial score (nSPS) is 11.4. The Labute approximate surface area is 79.8 Å². The molecule has 0 aliphatic carbocycles. The summed E-state index contributed by atoms with van der Waals surface area (Å²) in [5.41, 5.74) is 3.69. The van der Waals surface area contributed by atoms with Crippen molar-refractivity contribution in [1.29, 1.82) is 0 Å². The van der Waals surface area contributed by atoms with Gasteiger partial charge >= 0.3 is 0 Å². The van der Waals surface area contributed by atoms with E-state index in [1.807, 2.05) is 24.4 Å². The smallest absolute Gasteiger partial charge is 0.0473 e. The van der Waals surface area contributed by atoms with E-state index < -0.39 is 0 Å². The first-order valence-electron chi connectivity index (χ1n) is 4.42. The van der Waals surface area contributed by atoms with Gasteiger partial charge in [0.05, 0.1) is 0 Å². The minimum Gasteiger partial charge on any atom is -0.261 e. The largest absolute Gasteiger partial charge is 0.261 e. The highest BCUT2D eigenvalue weighted by atomic mass is 14.7. The van der Waals surface area contributed by atoms with E-state index in [0.29, 0.717) is 0 Å². The summed E-state index contributed by atoms with van der Waals surface area (Å²) in [6.45, 7) is 7.85. The maximum atomic E-state index is 4.33. The molecular weight excluding hydrogens is 158 g/mol. The molecule has 0 aliphatic rings. The molecule has 0 fully saturated rings. The van der Waals surface area contributed by atoms with E-state index in [0.717, 1.165) is 12.1 Å². The molecule has 1 aromatic rings. The van der Waals surface area contributed by atoms with Crippen LogP contribution in [0.5, 0.6) is 0 Å². The molecule has 1 rings (SSSR count). The van der Waals surface area contributed by atoms with Crippen LogP contribution in [0.15, 0.2) is 42.6 Å². The van der Waals surface area contributed by atoms with Crippen LogP contribution in [0.3, 0.4) is 0 Å². The maximum absolute atomic E-state index is 4.33. The molecule has 0 spiro atoms. The first-order valence-corrected chi connectivity index (χ1v) is 4.42. The van der Waals surface area contributed by atoms with E-state index in [2.05, 4.69) is 31.5 Å². The molecule has 1 aromatic heterocycles. The van der Waals surface area contributed by atoms with Crippen LogP contribution in [0.25, 0.3) is 0 Å². The Morgan fingerprint density at radius 1 is 1.62 bits per heavy atom. The summed E-state index contributed by atoms with van der Waals surface area (Å²) in [5, 5.41) is 0. The number of aromatic nitrogens is 1. The third-order valence-electron chi connectivity index (χ3n) is 1.97. The first-order chi connectivity index (χ1) is 6.24. The molecule has 0 atom stereocenters. The van der Waals surface area contributed by atoms with Gasteiger partial charge in [-0.25, -0.2) is 0 Å². The number of aryl methyl sites for hydroxylation is 1. The van der Waals surface area contributed by atoms with E-state index in [1.165, 1.54) is 11.1 Å². The highest BCUT2D eigenvalue weighted by Crippen LogP contribution is 2.09. The molecule has 68 valence electrons. The Balaban J connectivity index is 2.80. The van der Waals surface area contributed by atoms with E-state index in [4.69, 9.17) is 0 Å². The molecule has 0 saturated heterocycles. The summed E-state index contributed by atoms with van der Waals surface area (Å²) in [5.74, 6) is 0. The second kappa shape index (κ2) is 4.61. The number of allylic oxidation sites excluding steroid dienone is 3.